The van der Waals surface area contributed by atoms with Gasteiger partial charge in [0, 0.05) is 5.92 Å². The van der Waals surface area contributed by atoms with E-state index in [1.807, 2.05) is 50.2 Å². The SMILES string of the molecule is CC[C@H](NC(=O)C(CCC(C)C)NC(=O)OCC1c2ccccc2-c2ccccc21)C(=O)O. The molecule has 2 aromatic carbocycles. The van der Waals surface area contributed by atoms with Crippen molar-refractivity contribution in [3.63, 3.8) is 0 Å². The fourth-order valence-corrected chi connectivity index (χ4v) is 4.16. The van der Waals surface area contributed by atoms with Crippen LogP contribution in [0, 0.1) is 5.92 Å². The number of hydrogen-bond acceptors (Lipinski definition) is 4. The Hall–Kier alpha value is -3.35. The van der Waals surface area contributed by atoms with Crippen molar-refractivity contribution in [3.05, 3.63) is 59.7 Å². The number of benzene rings is 2. The molecule has 0 aliphatic heterocycles. The summed E-state index contributed by atoms with van der Waals surface area (Å²) >= 11 is 0. The quantitative estimate of drug-likeness (QED) is 0.498. The highest BCUT2D eigenvalue weighted by atomic mass is 16.5. The van der Waals surface area contributed by atoms with E-state index in [-0.39, 0.29) is 18.9 Å². The Bertz CT molecular complexity index is 958. The van der Waals surface area contributed by atoms with Gasteiger partial charge in [0.2, 0.25) is 5.91 Å². The topological polar surface area (TPSA) is 105 Å². The summed E-state index contributed by atoms with van der Waals surface area (Å²) in [4.78, 5) is 36.7. The summed E-state index contributed by atoms with van der Waals surface area (Å²) in [7, 11) is 0. The molecule has 0 spiro atoms. The van der Waals surface area contributed by atoms with E-state index in [4.69, 9.17) is 4.74 Å². The van der Waals surface area contributed by atoms with E-state index in [1.165, 1.54) is 0 Å². The van der Waals surface area contributed by atoms with E-state index in [2.05, 4.69) is 22.8 Å². The molecule has 2 atom stereocenters. The van der Waals surface area contributed by atoms with E-state index in [1.54, 1.807) is 6.92 Å². The van der Waals surface area contributed by atoms with Crippen molar-refractivity contribution in [2.45, 2.75) is 58.0 Å². The van der Waals surface area contributed by atoms with Gasteiger partial charge in [0.1, 0.15) is 18.7 Å². The number of carbonyl (C=O) groups excluding carboxylic acids is 2. The van der Waals surface area contributed by atoms with Crippen molar-refractivity contribution in [3.8, 4) is 11.1 Å². The number of carbonyl (C=O) groups is 3. The highest BCUT2D eigenvalue weighted by Crippen LogP contribution is 2.44. The molecule has 2 amide bonds. The molecular weight excluding hydrogens is 420 g/mol. The lowest BCUT2D eigenvalue weighted by atomic mass is 9.98. The Balaban J connectivity index is 1.66. The Morgan fingerprint density at radius 2 is 1.48 bits per heavy atom. The van der Waals surface area contributed by atoms with Crippen LogP contribution >= 0.6 is 0 Å². The van der Waals surface area contributed by atoms with Gasteiger partial charge < -0.3 is 20.5 Å². The third kappa shape index (κ3) is 5.92. The van der Waals surface area contributed by atoms with E-state index in [0.29, 0.717) is 18.8 Å². The van der Waals surface area contributed by atoms with E-state index < -0.39 is 30.1 Å². The van der Waals surface area contributed by atoms with Crippen molar-refractivity contribution in [1.82, 2.24) is 10.6 Å². The zero-order chi connectivity index (χ0) is 24.0. The highest BCUT2D eigenvalue weighted by Gasteiger charge is 2.30. The van der Waals surface area contributed by atoms with Gasteiger partial charge in [0.25, 0.3) is 0 Å². The second kappa shape index (κ2) is 11.0. The molecular formula is C26H32N2O5. The van der Waals surface area contributed by atoms with Gasteiger partial charge in [-0.15, -0.1) is 0 Å². The van der Waals surface area contributed by atoms with Gasteiger partial charge >= 0.3 is 12.1 Å². The van der Waals surface area contributed by atoms with Crippen LogP contribution in [-0.4, -0.2) is 41.8 Å². The predicted molar refractivity (Wildman–Crippen MR) is 126 cm³/mol. The monoisotopic (exact) mass is 452 g/mol. The molecule has 1 unspecified atom stereocenters. The number of ether oxygens (including phenoxy) is 1. The van der Waals surface area contributed by atoms with Gasteiger partial charge in [0.05, 0.1) is 0 Å². The molecule has 2 aromatic rings. The second-order valence-corrected chi connectivity index (χ2v) is 8.80. The minimum Gasteiger partial charge on any atom is -0.480 e. The molecule has 0 radical (unpaired) electrons. The maximum atomic E-state index is 12.7. The first kappa shape index (κ1) is 24.3. The minimum atomic E-state index is -1.10. The summed E-state index contributed by atoms with van der Waals surface area (Å²) in [5.41, 5.74) is 4.48. The molecule has 0 saturated heterocycles. The highest BCUT2D eigenvalue weighted by molar-refractivity contribution is 5.89. The molecule has 0 aromatic heterocycles. The predicted octanol–water partition coefficient (Wildman–Crippen LogP) is 4.31. The molecule has 7 heteroatoms. The van der Waals surface area contributed by atoms with Crippen LogP contribution in [0.3, 0.4) is 0 Å². The molecule has 3 rings (SSSR count). The van der Waals surface area contributed by atoms with Crippen molar-refractivity contribution in [2.75, 3.05) is 6.61 Å². The molecule has 0 fully saturated rings. The third-order valence-electron chi connectivity index (χ3n) is 6.01. The number of fused-ring (bicyclic) bond motifs is 3. The van der Waals surface area contributed by atoms with E-state index >= 15 is 0 Å². The van der Waals surface area contributed by atoms with Gasteiger partial charge in [0.15, 0.2) is 0 Å². The number of alkyl carbamates (subject to hydrolysis) is 1. The van der Waals surface area contributed by atoms with Crippen LogP contribution in [0.5, 0.6) is 0 Å². The number of hydrogen-bond donors (Lipinski definition) is 3. The fourth-order valence-electron chi connectivity index (χ4n) is 4.16. The summed E-state index contributed by atoms with van der Waals surface area (Å²) in [5, 5.41) is 14.4. The molecule has 3 N–H and O–H groups in total. The third-order valence-corrected chi connectivity index (χ3v) is 6.01. The second-order valence-electron chi connectivity index (χ2n) is 8.80. The molecule has 176 valence electrons. The normalized spacial score (nSPS) is 14.2. The van der Waals surface area contributed by atoms with Crippen molar-refractivity contribution < 1.29 is 24.2 Å². The largest absolute Gasteiger partial charge is 0.480 e. The van der Waals surface area contributed by atoms with Gasteiger partial charge in [-0.1, -0.05) is 69.3 Å². The molecule has 0 heterocycles. The Morgan fingerprint density at radius 3 is 2.00 bits per heavy atom. The number of carboxylic acids is 1. The average molecular weight is 453 g/mol. The smallest absolute Gasteiger partial charge is 0.407 e. The summed E-state index contributed by atoms with van der Waals surface area (Å²) < 4.78 is 5.56. The molecule has 1 aliphatic rings. The van der Waals surface area contributed by atoms with E-state index in [0.717, 1.165) is 22.3 Å². The number of rotatable bonds is 10. The van der Waals surface area contributed by atoms with Crippen LogP contribution in [0.15, 0.2) is 48.5 Å². The lowest BCUT2D eigenvalue weighted by Gasteiger charge is -2.22. The Kier molecular flexibility index (Phi) is 8.09. The van der Waals surface area contributed by atoms with Crippen molar-refractivity contribution >= 4 is 18.0 Å². The summed E-state index contributed by atoms with van der Waals surface area (Å²) in [6.45, 7) is 5.87. The van der Waals surface area contributed by atoms with Gasteiger partial charge in [-0.25, -0.2) is 9.59 Å². The van der Waals surface area contributed by atoms with E-state index in [9.17, 15) is 19.5 Å². The maximum Gasteiger partial charge on any atom is 0.407 e. The number of amides is 2. The maximum absolute atomic E-state index is 12.7. The Morgan fingerprint density at radius 1 is 0.909 bits per heavy atom. The summed E-state index contributed by atoms with van der Waals surface area (Å²) in [5.74, 6) is -1.37. The first-order valence-electron chi connectivity index (χ1n) is 11.5. The van der Waals surface area contributed by atoms with Crippen molar-refractivity contribution in [2.24, 2.45) is 5.92 Å². The number of aliphatic carboxylic acids is 1. The number of carboxylic acid groups (broad SMARTS) is 1. The fraction of sp³-hybridized carbons (Fsp3) is 0.423. The van der Waals surface area contributed by atoms with Crippen LogP contribution < -0.4 is 10.6 Å². The standard InChI is InChI=1S/C26H32N2O5/c1-4-22(25(30)31)27-24(29)23(14-13-16(2)3)28-26(32)33-15-21-19-11-7-5-9-17(19)18-10-6-8-12-20(18)21/h5-12,16,21-23H,4,13-15H2,1-3H3,(H,27,29)(H,28,32)(H,30,31)/t22-,23?/m0/s1. The summed E-state index contributed by atoms with van der Waals surface area (Å²) in [6.07, 6.45) is 0.655. The molecule has 7 nitrogen and oxygen atoms in total. The van der Waals surface area contributed by atoms with Crippen LogP contribution in [0.4, 0.5) is 4.79 Å². The van der Waals surface area contributed by atoms with Crippen LogP contribution in [-0.2, 0) is 14.3 Å². The average Bonchev–Trinajstić information content (AvgIpc) is 3.12. The van der Waals surface area contributed by atoms with Crippen LogP contribution in [0.2, 0.25) is 0 Å². The van der Waals surface area contributed by atoms with Crippen LogP contribution in [0.1, 0.15) is 57.1 Å². The minimum absolute atomic E-state index is 0.0810. The lowest BCUT2D eigenvalue weighted by Crippen LogP contribution is -2.51. The molecule has 1 aliphatic carbocycles. The zero-order valence-corrected chi connectivity index (χ0v) is 19.3. The molecule has 0 bridgehead atoms. The van der Waals surface area contributed by atoms with Gasteiger partial charge in [-0.2, -0.15) is 0 Å². The molecule has 0 saturated carbocycles. The van der Waals surface area contributed by atoms with Gasteiger partial charge in [-0.3, -0.25) is 4.79 Å². The van der Waals surface area contributed by atoms with Crippen LogP contribution in [0.25, 0.3) is 11.1 Å². The zero-order valence-electron chi connectivity index (χ0n) is 19.3. The first-order chi connectivity index (χ1) is 15.8. The summed E-state index contributed by atoms with van der Waals surface area (Å²) in [6, 6.07) is 14.3. The number of nitrogens with one attached hydrogen (secondary N) is 2. The molecule has 33 heavy (non-hydrogen) atoms. The van der Waals surface area contributed by atoms with Gasteiger partial charge in [-0.05, 0) is 47.4 Å². The Labute approximate surface area is 194 Å². The lowest BCUT2D eigenvalue weighted by molar-refractivity contribution is -0.142. The first-order valence-corrected chi connectivity index (χ1v) is 11.5. The van der Waals surface area contributed by atoms with Crippen molar-refractivity contribution in [1.29, 1.82) is 0 Å².